The summed E-state index contributed by atoms with van der Waals surface area (Å²) in [7, 11) is 1.18. The van der Waals surface area contributed by atoms with E-state index in [4.69, 9.17) is 5.11 Å². The molecular weight excluding hydrogens is 317 g/mol. The van der Waals surface area contributed by atoms with Gasteiger partial charge in [-0.2, -0.15) is 5.26 Å². The zero-order valence-corrected chi connectivity index (χ0v) is 13.2. The monoisotopic (exact) mass is 333 g/mol. The van der Waals surface area contributed by atoms with Crippen LogP contribution in [0.5, 0.6) is 0 Å². The number of aryl methyl sites for hydroxylation is 1. The smallest absolute Gasteiger partial charge is 0.337 e. The van der Waals surface area contributed by atoms with Gasteiger partial charge in [0.2, 0.25) is 0 Å². The third-order valence-electron chi connectivity index (χ3n) is 3.63. The van der Waals surface area contributed by atoms with Crippen LogP contribution in [0.2, 0.25) is 0 Å². The number of amides is 1. The van der Waals surface area contributed by atoms with Crippen molar-refractivity contribution >= 4 is 17.6 Å². The van der Waals surface area contributed by atoms with Crippen LogP contribution in [0.3, 0.4) is 0 Å². The number of carbonyl (C=O) groups excluding carboxylic acids is 2. The molecule has 126 valence electrons. The highest BCUT2D eigenvalue weighted by atomic mass is 19.1. The lowest BCUT2D eigenvalue weighted by molar-refractivity contribution is -0.136. The van der Waals surface area contributed by atoms with Crippen LogP contribution in [0.1, 0.15) is 11.1 Å². The number of ether oxygens (including phenoxy) is 1. The Morgan fingerprint density at radius 1 is 1.54 bits per heavy atom. The molecule has 24 heavy (non-hydrogen) atoms. The Kier molecular flexibility index (Phi) is 5.16. The Morgan fingerprint density at radius 3 is 2.83 bits per heavy atom. The molecule has 1 aliphatic heterocycles. The van der Waals surface area contributed by atoms with E-state index in [0.29, 0.717) is 5.56 Å². The highest BCUT2D eigenvalue weighted by molar-refractivity contribution is 6.08. The number of nitrogens with zero attached hydrogens (tertiary/aromatic N) is 2. The number of esters is 1. The minimum Gasteiger partial charge on any atom is -0.466 e. The second kappa shape index (κ2) is 7.10. The van der Waals surface area contributed by atoms with E-state index in [2.05, 4.69) is 10.1 Å². The fourth-order valence-corrected chi connectivity index (χ4v) is 2.47. The Labute approximate surface area is 137 Å². The number of aliphatic hydroxyl groups excluding tert-OH is 1. The third-order valence-corrected chi connectivity index (χ3v) is 3.63. The normalized spacial score (nSPS) is 14.0. The van der Waals surface area contributed by atoms with Crippen molar-refractivity contribution in [1.29, 1.82) is 5.26 Å². The first-order valence-electron chi connectivity index (χ1n) is 7.11. The lowest BCUT2D eigenvalue weighted by Gasteiger charge is -2.15. The van der Waals surface area contributed by atoms with E-state index in [9.17, 15) is 19.2 Å². The Morgan fingerprint density at radius 2 is 2.25 bits per heavy atom. The number of benzene rings is 1. The number of methoxy groups -OCH3 is 1. The van der Waals surface area contributed by atoms with Gasteiger partial charge in [-0.1, -0.05) is 0 Å². The molecule has 0 aliphatic carbocycles. The maximum Gasteiger partial charge on any atom is 0.337 e. The molecule has 0 bridgehead atoms. The van der Waals surface area contributed by atoms with E-state index in [1.54, 1.807) is 6.92 Å². The molecule has 1 aromatic carbocycles. The summed E-state index contributed by atoms with van der Waals surface area (Å²) in [5.74, 6) is -1.82. The topological polar surface area (TPSA) is 103 Å². The zero-order valence-electron chi connectivity index (χ0n) is 13.2. The summed E-state index contributed by atoms with van der Waals surface area (Å²) in [6, 6.07) is 4.22. The van der Waals surface area contributed by atoms with Gasteiger partial charge in [0, 0.05) is 6.54 Å². The van der Waals surface area contributed by atoms with Crippen molar-refractivity contribution < 1.29 is 23.8 Å². The largest absolute Gasteiger partial charge is 0.466 e. The Balaban J connectivity index is 2.47. The van der Waals surface area contributed by atoms with Crippen molar-refractivity contribution in [3.8, 4) is 6.07 Å². The average molecular weight is 333 g/mol. The molecule has 0 unspecified atom stereocenters. The molecule has 0 fully saturated rings. The van der Waals surface area contributed by atoms with Crippen LogP contribution >= 0.6 is 0 Å². The van der Waals surface area contributed by atoms with Gasteiger partial charge in [-0.3, -0.25) is 4.79 Å². The van der Waals surface area contributed by atoms with Crippen molar-refractivity contribution in [3.05, 3.63) is 40.3 Å². The van der Waals surface area contributed by atoms with E-state index in [1.165, 1.54) is 18.1 Å². The molecule has 0 saturated carbocycles. The molecule has 0 spiro atoms. The van der Waals surface area contributed by atoms with Crippen LogP contribution in [0.4, 0.5) is 10.1 Å². The molecular formula is C16H16FN3O4. The van der Waals surface area contributed by atoms with Gasteiger partial charge in [0.05, 0.1) is 37.1 Å². The van der Waals surface area contributed by atoms with Crippen LogP contribution < -0.4 is 5.32 Å². The van der Waals surface area contributed by atoms with Gasteiger partial charge in [0.1, 0.15) is 17.6 Å². The number of nitriles is 1. The molecule has 0 saturated heterocycles. The van der Waals surface area contributed by atoms with E-state index in [-0.39, 0.29) is 42.2 Å². The molecule has 1 aliphatic rings. The Bertz CT molecular complexity index is 767. The third kappa shape index (κ3) is 3.21. The summed E-state index contributed by atoms with van der Waals surface area (Å²) in [5, 5.41) is 20.9. The molecule has 0 atom stereocenters. The number of hydrogen-bond acceptors (Lipinski definition) is 6. The first-order chi connectivity index (χ1) is 11.4. The predicted molar refractivity (Wildman–Crippen MR) is 82.2 cm³/mol. The number of anilines is 1. The number of nitrogens with one attached hydrogen (secondary N) is 1. The number of rotatable bonds is 5. The number of carbonyl (C=O) groups is 2. The van der Waals surface area contributed by atoms with E-state index >= 15 is 0 Å². The number of aliphatic hydroxyl groups is 1. The summed E-state index contributed by atoms with van der Waals surface area (Å²) >= 11 is 0. The predicted octanol–water partition coefficient (Wildman–Crippen LogP) is 0.679. The van der Waals surface area contributed by atoms with Crippen molar-refractivity contribution in [2.24, 2.45) is 0 Å². The molecule has 0 aromatic heterocycles. The minimum absolute atomic E-state index is 0.0371. The van der Waals surface area contributed by atoms with Crippen molar-refractivity contribution in [3.63, 3.8) is 0 Å². The lowest BCUT2D eigenvalue weighted by atomic mass is 10.1. The van der Waals surface area contributed by atoms with Crippen molar-refractivity contribution in [2.45, 2.75) is 6.92 Å². The molecule has 2 N–H and O–H groups in total. The first kappa shape index (κ1) is 17.4. The standard InChI is InChI=1S/C16H16FN3O4/c1-9-5-10(17)6-13(11(9)7-18)19-14-12(16(23)24-2)8-20(3-4-21)15(14)22/h5-6,19,21H,3-4,8H2,1-2H3. The van der Waals surface area contributed by atoms with E-state index in [1.807, 2.05) is 6.07 Å². The molecule has 7 nitrogen and oxygen atoms in total. The van der Waals surface area contributed by atoms with Crippen LogP contribution in [0, 0.1) is 24.1 Å². The number of hydrogen-bond donors (Lipinski definition) is 2. The summed E-state index contributed by atoms with van der Waals surface area (Å²) < 4.78 is 18.3. The molecule has 0 radical (unpaired) electrons. The van der Waals surface area contributed by atoms with Crippen LogP contribution in [-0.4, -0.2) is 48.7 Å². The zero-order chi connectivity index (χ0) is 17.9. The van der Waals surface area contributed by atoms with E-state index < -0.39 is 17.7 Å². The van der Waals surface area contributed by atoms with Gasteiger partial charge in [0.25, 0.3) is 5.91 Å². The molecule has 8 heteroatoms. The van der Waals surface area contributed by atoms with Crippen molar-refractivity contribution in [1.82, 2.24) is 4.90 Å². The van der Waals surface area contributed by atoms with Gasteiger partial charge in [-0.05, 0) is 24.6 Å². The maximum atomic E-state index is 13.6. The fourth-order valence-electron chi connectivity index (χ4n) is 2.47. The SMILES string of the molecule is COC(=O)C1=C(Nc2cc(F)cc(C)c2C#N)C(=O)N(CCO)C1. The number of halogens is 1. The number of β-amino-alcohol motifs (C(OH)–C–C–N with tert-alkyl or cyclic N) is 1. The quantitative estimate of drug-likeness (QED) is 0.768. The Hall–Kier alpha value is -2.92. The maximum absolute atomic E-state index is 13.6. The average Bonchev–Trinajstić information content (AvgIpc) is 2.84. The summed E-state index contributed by atoms with van der Waals surface area (Å²) in [5.41, 5.74) is 0.628. The molecule has 2 rings (SSSR count). The summed E-state index contributed by atoms with van der Waals surface area (Å²) in [4.78, 5) is 25.6. The highest BCUT2D eigenvalue weighted by Crippen LogP contribution is 2.27. The molecule has 1 aromatic rings. The second-order valence-electron chi connectivity index (χ2n) is 5.18. The minimum atomic E-state index is -0.710. The summed E-state index contributed by atoms with van der Waals surface area (Å²) in [6.07, 6.45) is 0. The summed E-state index contributed by atoms with van der Waals surface area (Å²) in [6.45, 7) is 1.30. The molecule has 1 heterocycles. The first-order valence-corrected chi connectivity index (χ1v) is 7.11. The van der Waals surface area contributed by atoms with Crippen LogP contribution in [-0.2, 0) is 14.3 Å². The van der Waals surface area contributed by atoms with Gasteiger partial charge in [-0.15, -0.1) is 0 Å². The van der Waals surface area contributed by atoms with Gasteiger partial charge < -0.3 is 20.1 Å². The van der Waals surface area contributed by atoms with Gasteiger partial charge in [-0.25, -0.2) is 9.18 Å². The van der Waals surface area contributed by atoms with E-state index in [0.717, 1.165) is 6.07 Å². The van der Waals surface area contributed by atoms with Crippen LogP contribution in [0.25, 0.3) is 0 Å². The highest BCUT2D eigenvalue weighted by Gasteiger charge is 2.34. The second-order valence-corrected chi connectivity index (χ2v) is 5.18. The molecule has 1 amide bonds. The van der Waals surface area contributed by atoms with Crippen molar-refractivity contribution in [2.75, 3.05) is 32.1 Å². The van der Waals surface area contributed by atoms with Gasteiger partial charge in [0.15, 0.2) is 0 Å². The van der Waals surface area contributed by atoms with Crippen LogP contribution in [0.15, 0.2) is 23.4 Å². The van der Waals surface area contributed by atoms with Gasteiger partial charge >= 0.3 is 5.97 Å². The fraction of sp³-hybridized carbons (Fsp3) is 0.312. The lowest BCUT2D eigenvalue weighted by Crippen LogP contribution is -2.31.